The third-order valence-corrected chi connectivity index (χ3v) is 4.89. The van der Waals surface area contributed by atoms with Gasteiger partial charge in [0.2, 0.25) is 4.96 Å². The Balaban J connectivity index is 1.97. The molecule has 4 nitrogen and oxygen atoms in total. The van der Waals surface area contributed by atoms with Crippen LogP contribution in [-0.4, -0.2) is 14.6 Å². The molecule has 2 heterocycles. The highest BCUT2D eigenvalue weighted by atomic mass is 32.1. The van der Waals surface area contributed by atoms with Gasteiger partial charge < -0.3 is 5.73 Å². The first-order valence-corrected chi connectivity index (χ1v) is 8.08. The van der Waals surface area contributed by atoms with Crippen molar-refractivity contribution in [2.45, 2.75) is 19.8 Å². The van der Waals surface area contributed by atoms with Crippen molar-refractivity contribution in [3.8, 4) is 11.4 Å². The van der Waals surface area contributed by atoms with E-state index in [0.717, 1.165) is 27.6 Å². The van der Waals surface area contributed by atoms with Crippen molar-refractivity contribution in [2.75, 3.05) is 5.73 Å². The van der Waals surface area contributed by atoms with Crippen molar-refractivity contribution in [1.82, 2.24) is 14.6 Å². The second-order valence-electron chi connectivity index (χ2n) is 5.75. The van der Waals surface area contributed by atoms with E-state index in [9.17, 15) is 0 Å². The molecule has 4 aromatic rings. The molecule has 0 radical (unpaired) electrons. The van der Waals surface area contributed by atoms with E-state index in [0.29, 0.717) is 5.92 Å². The minimum Gasteiger partial charge on any atom is -0.399 e. The smallest absolute Gasteiger partial charge is 0.217 e. The average Bonchev–Trinajstić information content (AvgIpc) is 3.06. The molecule has 110 valence electrons. The van der Waals surface area contributed by atoms with E-state index in [-0.39, 0.29) is 0 Å². The van der Waals surface area contributed by atoms with E-state index in [1.165, 1.54) is 10.3 Å². The maximum atomic E-state index is 5.77. The fourth-order valence-corrected chi connectivity index (χ4v) is 3.64. The third-order valence-electron chi connectivity index (χ3n) is 3.89. The summed E-state index contributed by atoms with van der Waals surface area (Å²) in [5, 5.41) is 8.67. The quantitative estimate of drug-likeness (QED) is 0.561. The molecule has 0 aliphatic rings. The Kier molecular flexibility index (Phi) is 2.90. The summed E-state index contributed by atoms with van der Waals surface area (Å²) in [6, 6.07) is 14.4. The topological polar surface area (TPSA) is 56.2 Å². The first-order chi connectivity index (χ1) is 10.6. The molecule has 0 aliphatic heterocycles. The predicted octanol–water partition coefficient (Wildman–Crippen LogP) is 4.32. The highest BCUT2D eigenvalue weighted by molar-refractivity contribution is 7.23. The SMILES string of the molecule is CC(C)c1ccc2c(c1)sc1nnc(-c3ccc(N)cc3)n12. The van der Waals surface area contributed by atoms with Crippen molar-refractivity contribution in [1.29, 1.82) is 0 Å². The van der Waals surface area contributed by atoms with Gasteiger partial charge in [-0.15, -0.1) is 10.2 Å². The van der Waals surface area contributed by atoms with Crippen LogP contribution in [0, 0.1) is 0 Å². The number of thiazole rings is 1. The van der Waals surface area contributed by atoms with Crippen LogP contribution in [0.25, 0.3) is 26.6 Å². The molecule has 0 fully saturated rings. The number of anilines is 1. The summed E-state index contributed by atoms with van der Waals surface area (Å²) in [4.78, 5) is 0.919. The van der Waals surface area contributed by atoms with Crippen LogP contribution in [0.5, 0.6) is 0 Å². The molecule has 2 N–H and O–H groups in total. The van der Waals surface area contributed by atoms with Crippen LogP contribution in [0.2, 0.25) is 0 Å². The summed E-state index contributed by atoms with van der Waals surface area (Å²) in [5.74, 6) is 1.38. The van der Waals surface area contributed by atoms with Crippen LogP contribution in [0.4, 0.5) is 5.69 Å². The number of rotatable bonds is 2. The molecule has 0 saturated carbocycles. The number of hydrogen-bond donors (Lipinski definition) is 1. The van der Waals surface area contributed by atoms with Gasteiger partial charge in [-0.3, -0.25) is 4.40 Å². The monoisotopic (exact) mass is 308 g/mol. The number of nitrogens with two attached hydrogens (primary N) is 1. The molecule has 0 spiro atoms. The Morgan fingerprint density at radius 2 is 1.82 bits per heavy atom. The molecule has 5 heteroatoms. The van der Waals surface area contributed by atoms with Gasteiger partial charge in [0.1, 0.15) is 0 Å². The van der Waals surface area contributed by atoms with Gasteiger partial charge >= 0.3 is 0 Å². The standard InChI is InChI=1S/C17H16N4S/c1-10(2)12-5-8-14-15(9-12)22-17-20-19-16(21(14)17)11-3-6-13(18)7-4-11/h3-10H,18H2,1-2H3. The van der Waals surface area contributed by atoms with E-state index < -0.39 is 0 Å². The summed E-state index contributed by atoms with van der Waals surface area (Å²) >= 11 is 1.68. The zero-order chi connectivity index (χ0) is 15.3. The highest BCUT2D eigenvalue weighted by Gasteiger charge is 2.14. The third kappa shape index (κ3) is 1.97. The van der Waals surface area contributed by atoms with Crippen molar-refractivity contribution in [3.63, 3.8) is 0 Å². The van der Waals surface area contributed by atoms with Crippen LogP contribution in [0.3, 0.4) is 0 Å². The fourth-order valence-electron chi connectivity index (χ4n) is 2.63. The molecule has 4 rings (SSSR count). The van der Waals surface area contributed by atoms with Crippen LogP contribution in [0.15, 0.2) is 42.5 Å². The summed E-state index contributed by atoms with van der Waals surface area (Å²) in [6.07, 6.45) is 0. The van der Waals surface area contributed by atoms with Gasteiger partial charge in [0, 0.05) is 11.3 Å². The van der Waals surface area contributed by atoms with Crippen molar-refractivity contribution >= 4 is 32.2 Å². The minimum absolute atomic E-state index is 0.522. The molecule has 0 atom stereocenters. The van der Waals surface area contributed by atoms with E-state index in [4.69, 9.17) is 5.73 Å². The lowest BCUT2D eigenvalue weighted by atomic mass is 10.0. The maximum absolute atomic E-state index is 5.77. The number of hydrogen-bond acceptors (Lipinski definition) is 4. The van der Waals surface area contributed by atoms with Gasteiger partial charge in [0.25, 0.3) is 0 Å². The minimum atomic E-state index is 0.522. The van der Waals surface area contributed by atoms with E-state index >= 15 is 0 Å². The molecular weight excluding hydrogens is 292 g/mol. The van der Waals surface area contributed by atoms with Gasteiger partial charge in [-0.05, 0) is 47.9 Å². The van der Waals surface area contributed by atoms with Crippen molar-refractivity contribution in [3.05, 3.63) is 48.0 Å². The number of benzene rings is 2. The lowest BCUT2D eigenvalue weighted by molar-refractivity contribution is 0.869. The van der Waals surface area contributed by atoms with Gasteiger partial charge in [0.05, 0.1) is 10.2 Å². The molecule has 2 aromatic carbocycles. The number of aromatic nitrogens is 3. The average molecular weight is 308 g/mol. The van der Waals surface area contributed by atoms with Gasteiger partial charge in [-0.25, -0.2) is 0 Å². The Hall–Kier alpha value is -2.40. The van der Waals surface area contributed by atoms with Crippen LogP contribution < -0.4 is 5.73 Å². The summed E-state index contributed by atoms with van der Waals surface area (Å²) < 4.78 is 3.36. The van der Waals surface area contributed by atoms with Crippen LogP contribution in [-0.2, 0) is 0 Å². The lowest BCUT2D eigenvalue weighted by Crippen LogP contribution is -1.90. The largest absolute Gasteiger partial charge is 0.399 e. The van der Waals surface area contributed by atoms with Gasteiger partial charge in [-0.1, -0.05) is 31.3 Å². The highest BCUT2D eigenvalue weighted by Crippen LogP contribution is 2.32. The first-order valence-electron chi connectivity index (χ1n) is 7.27. The molecule has 2 aromatic heterocycles. The Labute approximate surface area is 132 Å². The van der Waals surface area contributed by atoms with Gasteiger partial charge in [-0.2, -0.15) is 0 Å². The second kappa shape index (κ2) is 4.81. The lowest BCUT2D eigenvalue weighted by Gasteiger charge is -2.05. The fraction of sp³-hybridized carbons (Fsp3) is 0.176. The molecule has 22 heavy (non-hydrogen) atoms. The zero-order valence-electron chi connectivity index (χ0n) is 12.4. The van der Waals surface area contributed by atoms with Crippen LogP contribution >= 0.6 is 11.3 Å². The second-order valence-corrected chi connectivity index (χ2v) is 6.76. The Bertz CT molecular complexity index is 964. The summed E-state index contributed by atoms with van der Waals surface area (Å²) in [6.45, 7) is 4.42. The van der Waals surface area contributed by atoms with Gasteiger partial charge in [0.15, 0.2) is 5.82 Å². The number of fused-ring (bicyclic) bond motifs is 3. The molecule has 0 unspecified atom stereocenters. The number of nitrogen functional groups attached to an aromatic ring is 1. The van der Waals surface area contributed by atoms with Crippen molar-refractivity contribution < 1.29 is 0 Å². The van der Waals surface area contributed by atoms with Crippen molar-refractivity contribution in [2.24, 2.45) is 0 Å². The zero-order valence-corrected chi connectivity index (χ0v) is 13.3. The first kappa shape index (κ1) is 13.3. The summed E-state index contributed by atoms with van der Waals surface area (Å²) in [7, 11) is 0. The molecule has 0 bridgehead atoms. The molecule has 0 amide bonds. The summed E-state index contributed by atoms with van der Waals surface area (Å²) in [5.41, 5.74) is 10.0. The predicted molar refractivity (Wildman–Crippen MR) is 92.3 cm³/mol. The van der Waals surface area contributed by atoms with E-state index in [2.05, 4.69) is 46.6 Å². The number of nitrogens with zero attached hydrogens (tertiary/aromatic N) is 3. The molecule has 0 aliphatic carbocycles. The Morgan fingerprint density at radius 3 is 2.55 bits per heavy atom. The normalized spacial score (nSPS) is 11.8. The van der Waals surface area contributed by atoms with Crippen LogP contribution in [0.1, 0.15) is 25.3 Å². The molecular formula is C17H16N4S. The van der Waals surface area contributed by atoms with E-state index in [1.54, 1.807) is 11.3 Å². The Morgan fingerprint density at radius 1 is 1.05 bits per heavy atom. The molecule has 0 saturated heterocycles. The van der Waals surface area contributed by atoms with E-state index in [1.807, 2.05) is 24.3 Å². The maximum Gasteiger partial charge on any atom is 0.217 e.